The van der Waals surface area contributed by atoms with Crippen LogP contribution in [0.4, 0.5) is 0 Å². The number of hydrogen-bond donors (Lipinski definition) is 1. The van der Waals surface area contributed by atoms with E-state index in [9.17, 15) is 14.4 Å². The number of nitrogens with zero attached hydrogens (tertiary/aromatic N) is 2. The van der Waals surface area contributed by atoms with Crippen LogP contribution in [0.15, 0.2) is 17.5 Å². The van der Waals surface area contributed by atoms with Crippen LogP contribution in [0.2, 0.25) is 0 Å². The van der Waals surface area contributed by atoms with Gasteiger partial charge in [0.15, 0.2) is 0 Å². The van der Waals surface area contributed by atoms with Crippen LogP contribution in [0.1, 0.15) is 56.4 Å². The summed E-state index contributed by atoms with van der Waals surface area (Å²) in [5.41, 5.74) is 0. The second-order valence-corrected chi connectivity index (χ2v) is 9.79. The van der Waals surface area contributed by atoms with Gasteiger partial charge in [-0.05, 0) is 56.1 Å². The topological polar surface area (TPSA) is 69.7 Å². The second kappa shape index (κ2) is 8.96. The molecule has 3 fully saturated rings. The lowest BCUT2D eigenvalue weighted by atomic mass is 9.81. The standard InChI is InChI=1S/C22H31N3O3S/c1-15-8-10-24(11-9-15)18(19-7-4-12-29-19)13-23-20(26)14-25-21(27)16-5-2-3-6-17(16)22(25)28/h4,7,12,15-18H,2-3,5-6,8-11,13-14H2,1H3,(H,23,26). The third-order valence-electron chi connectivity index (χ3n) is 6.86. The summed E-state index contributed by atoms with van der Waals surface area (Å²) in [6.45, 7) is 4.73. The zero-order valence-corrected chi connectivity index (χ0v) is 18.0. The quantitative estimate of drug-likeness (QED) is 0.723. The Morgan fingerprint density at radius 2 is 1.79 bits per heavy atom. The number of carbonyl (C=O) groups is 3. The lowest BCUT2D eigenvalue weighted by Gasteiger charge is -2.36. The Morgan fingerprint density at radius 3 is 2.38 bits per heavy atom. The molecule has 1 N–H and O–H groups in total. The highest BCUT2D eigenvalue weighted by Gasteiger charge is 2.48. The summed E-state index contributed by atoms with van der Waals surface area (Å²) in [4.78, 5) is 42.8. The van der Waals surface area contributed by atoms with Crippen molar-refractivity contribution in [1.29, 1.82) is 0 Å². The average molecular weight is 418 g/mol. The fourth-order valence-electron chi connectivity index (χ4n) is 5.03. The molecule has 6 nitrogen and oxygen atoms in total. The van der Waals surface area contributed by atoms with Crippen molar-refractivity contribution < 1.29 is 14.4 Å². The number of amides is 3. The third kappa shape index (κ3) is 4.40. The molecule has 7 heteroatoms. The van der Waals surface area contributed by atoms with E-state index < -0.39 is 0 Å². The zero-order chi connectivity index (χ0) is 20.4. The molecule has 1 aromatic heterocycles. The maximum absolute atomic E-state index is 12.6. The molecule has 3 heterocycles. The molecule has 2 saturated heterocycles. The van der Waals surface area contributed by atoms with E-state index in [4.69, 9.17) is 0 Å². The van der Waals surface area contributed by atoms with Crippen molar-refractivity contribution in [2.24, 2.45) is 17.8 Å². The number of piperidine rings is 1. The maximum atomic E-state index is 12.6. The molecule has 2 aliphatic heterocycles. The highest BCUT2D eigenvalue weighted by Crippen LogP contribution is 2.37. The molecule has 3 unspecified atom stereocenters. The van der Waals surface area contributed by atoms with Crippen LogP contribution in [0, 0.1) is 17.8 Å². The van der Waals surface area contributed by atoms with E-state index >= 15 is 0 Å². The number of fused-ring (bicyclic) bond motifs is 1. The van der Waals surface area contributed by atoms with Gasteiger partial charge in [-0.1, -0.05) is 25.8 Å². The number of imide groups is 1. The molecule has 0 radical (unpaired) electrons. The third-order valence-corrected chi connectivity index (χ3v) is 7.83. The van der Waals surface area contributed by atoms with Crippen molar-refractivity contribution >= 4 is 29.1 Å². The molecule has 1 aromatic rings. The van der Waals surface area contributed by atoms with Crippen LogP contribution < -0.4 is 5.32 Å². The number of thiophene rings is 1. The highest BCUT2D eigenvalue weighted by atomic mass is 32.1. The average Bonchev–Trinajstić information content (AvgIpc) is 3.34. The second-order valence-electron chi connectivity index (χ2n) is 8.81. The molecule has 4 rings (SSSR count). The predicted octanol–water partition coefficient (Wildman–Crippen LogP) is 2.81. The minimum atomic E-state index is -0.239. The summed E-state index contributed by atoms with van der Waals surface area (Å²) in [6, 6.07) is 4.32. The van der Waals surface area contributed by atoms with Crippen molar-refractivity contribution in [1.82, 2.24) is 15.1 Å². The number of nitrogens with one attached hydrogen (secondary N) is 1. The van der Waals surface area contributed by atoms with Gasteiger partial charge in [0, 0.05) is 11.4 Å². The summed E-state index contributed by atoms with van der Waals surface area (Å²) in [7, 11) is 0. The van der Waals surface area contributed by atoms with Crippen molar-refractivity contribution in [3.63, 3.8) is 0 Å². The van der Waals surface area contributed by atoms with E-state index in [2.05, 4.69) is 28.6 Å². The maximum Gasteiger partial charge on any atom is 0.240 e. The molecule has 1 saturated carbocycles. The molecule has 3 aliphatic rings. The number of likely N-dealkylation sites (tertiary alicyclic amines) is 2. The Bertz CT molecular complexity index is 718. The van der Waals surface area contributed by atoms with Crippen molar-refractivity contribution in [2.45, 2.75) is 51.5 Å². The van der Waals surface area contributed by atoms with Crippen molar-refractivity contribution in [3.8, 4) is 0 Å². The van der Waals surface area contributed by atoms with Crippen molar-refractivity contribution in [2.75, 3.05) is 26.2 Å². The minimum Gasteiger partial charge on any atom is -0.353 e. The van der Waals surface area contributed by atoms with Gasteiger partial charge in [0.05, 0.1) is 17.9 Å². The van der Waals surface area contributed by atoms with Gasteiger partial charge in [-0.25, -0.2) is 0 Å². The Morgan fingerprint density at radius 1 is 1.14 bits per heavy atom. The SMILES string of the molecule is CC1CCN(C(CNC(=O)CN2C(=O)C3CCCCC3C2=O)c2cccs2)CC1. The normalized spacial score (nSPS) is 27.1. The Labute approximate surface area is 176 Å². The number of hydrogen-bond acceptors (Lipinski definition) is 5. The van der Waals surface area contributed by atoms with E-state index in [0.29, 0.717) is 6.54 Å². The van der Waals surface area contributed by atoms with Crippen LogP contribution in [0.5, 0.6) is 0 Å². The lowest BCUT2D eigenvalue weighted by molar-refractivity contribution is -0.143. The van der Waals surface area contributed by atoms with Gasteiger partial charge < -0.3 is 5.32 Å². The van der Waals surface area contributed by atoms with E-state index in [1.165, 1.54) is 22.6 Å². The number of rotatable bonds is 6. The van der Waals surface area contributed by atoms with Crippen LogP contribution in [-0.2, 0) is 14.4 Å². The first-order chi connectivity index (χ1) is 14.0. The Hall–Kier alpha value is -1.73. The summed E-state index contributed by atoms with van der Waals surface area (Å²) >= 11 is 1.71. The van der Waals surface area contributed by atoms with Gasteiger partial charge in [0.1, 0.15) is 6.54 Å². The van der Waals surface area contributed by atoms with Gasteiger partial charge in [-0.15, -0.1) is 11.3 Å². The van der Waals surface area contributed by atoms with E-state index in [1.54, 1.807) is 11.3 Å². The fourth-order valence-corrected chi connectivity index (χ4v) is 5.89. The minimum absolute atomic E-state index is 0.140. The van der Waals surface area contributed by atoms with Gasteiger partial charge in [-0.3, -0.25) is 24.2 Å². The molecule has 3 atom stereocenters. The summed E-state index contributed by atoms with van der Waals surface area (Å²) in [6.07, 6.45) is 5.90. The monoisotopic (exact) mass is 417 g/mol. The Kier molecular flexibility index (Phi) is 6.35. The van der Waals surface area contributed by atoms with Gasteiger partial charge in [-0.2, -0.15) is 0 Å². The number of carbonyl (C=O) groups excluding carboxylic acids is 3. The van der Waals surface area contributed by atoms with E-state index in [1.807, 2.05) is 6.07 Å². The molecule has 0 aromatic carbocycles. The van der Waals surface area contributed by atoms with Crippen LogP contribution in [-0.4, -0.2) is 53.7 Å². The zero-order valence-electron chi connectivity index (χ0n) is 17.1. The first-order valence-corrected chi connectivity index (χ1v) is 11.8. The molecular weight excluding hydrogens is 386 g/mol. The molecule has 0 bridgehead atoms. The summed E-state index contributed by atoms with van der Waals surface area (Å²) < 4.78 is 0. The molecule has 3 amide bonds. The van der Waals surface area contributed by atoms with Gasteiger partial charge >= 0.3 is 0 Å². The first kappa shape index (κ1) is 20.5. The molecule has 158 valence electrons. The molecule has 29 heavy (non-hydrogen) atoms. The molecule has 1 aliphatic carbocycles. The molecule has 0 spiro atoms. The first-order valence-electron chi connectivity index (χ1n) is 10.9. The lowest BCUT2D eigenvalue weighted by Crippen LogP contribution is -2.45. The van der Waals surface area contributed by atoms with Crippen LogP contribution >= 0.6 is 11.3 Å². The summed E-state index contributed by atoms with van der Waals surface area (Å²) in [5, 5.41) is 5.08. The van der Waals surface area contributed by atoms with Gasteiger partial charge in [0.2, 0.25) is 17.7 Å². The highest BCUT2D eigenvalue weighted by molar-refractivity contribution is 7.10. The predicted molar refractivity (Wildman–Crippen MR) is 112 cm³/mol. The smallest absolute Gasteiger partial charge is 0.240 e. The van der Waals surface area contributed by atoms with Crippen LogP contribution in [0.25, 0.3) is 0 Å². The molecular formula is C22H31N3O3S. The van der Waals surface area contributed by atoms with Gasteiger partial charge in [0.25, 0.3) is 0 Å². The van der Waals surface area contributed by atoms with E-state index in [0.717, 1.165) is 44.7 Å². The largest absolute Gasteiger partial charge is 0.353 e. The van der Waals surface area contributed by atoms with Crippen molar-refractivity contribution in [3.05, 3.63) is 22.4 Å². The summed E-state index contributed by atoms with van der Waals surface area (Å²) in [5.74, 6) is -0.168. The Balaban J connectivity index is 1.36. The fraction of sp³-hybridized carbons (Fsp3) is 0.682. The van der Waals surface area contributed by atoms with E-state index in [-0.39, 0.29) is 42.1 Å². The van der Waals surface area contributed by atoms with Crippen LogP contribution in [0.3, 0.4) is 0 Å².